The Kier molecular flexibility index (Phi) is 5.39. The SMILES string of the molecule is Cc1ccc(CNC(=O)N2CCCN(c3nc4cc(F)ccc4n4cccc34)CC2)cc1. The standard InChI is InChI=1S/C25H26FN5O/c1-18-5-7-19(8-6-18)17-27-25(32)30-12-3-11-29(14-15-30)24-23-4-2-13-31(23)22-10-9-20(26)16-21(22)28-24/h2,4-10,13,16H,3,11-12,14-15,17H2,1H3,(H,27,32). The summed E-state index contributed by atoms with van der Waals surface area (Å²) < 4.78 is 15.9. The van der Waals surface area contributed by atoms with Crippen LogP contribution in [0, 0.1) is 12.7 Å². The number of benzene rings is 2. The number of urea groups is 1. The second kappa shape index (κ2) is 8.49. The highest BCUT2D eigenvalue weighted by molar-refractivity contribution is 5.85. The van der Waals surface area contributed by atoms with Crippen molar-refractivity contribution in [3.05, 3.63) is 77.7 Å². The number of carbonyl (C=O) groups excluding carboxylic acids is 1. The minimum Gasteiger partial charge on any atom is -0.353 e. The van der Waals surface area contributed by atoms with E-state index in [1.807, 2.05) is 46.7 Å². The number of aromatic nitrogens is 2. The number of anilines is 1. The van der Waals surface area contributed by atoms with Gasteiger partial charge in [-0.3, -0.25) is 0 Å². The highest BCUT2D eigenvalue weighted by Crippen LogP contribution is 2.26. The zero-order valence-electron chi connectivity index (χ0n) is 18.1. The maximum absolute atomic E-state index is 13.8. The maximum Gasteiger partial charge on any atom is 0.317 e. The summed E-state index contributed by atoms with van der Waals surface area (Å²) in [5.74, 6) is 0.532. The first-order valence-electron chi connectivity index (χ1n) is 11.0. The fraction of sp³-hybridized carbons (Fsp3) is 0.280. The molecule has 32 heavy (non-hydrogen) atoms. The van der Waals surface area contributed by atoms with E-state index in [-0.39, 0.29) is 11.8 Å². The van der Waals surface area contributed by atoms with Crippen molar-refractivity contribution in [2.24, 2.45) is 0 Å². The number of carbonyl (C=O) groups is 1. The van der Waals surface area contributed by atoms with Gasteiger partial charge >= 0.3 is 6.03 Å². The van der Waals surface area contributed by atoms with Crippen molar-refractivity contribution in [1.82, 2.24) is 19.6 Å². The third-order valence-electron chi connectivity index (χ3n) is 6.05. The molecule has 4 aromatic rings. The third-order valence-corrected chi connectivity index (χ3v) is 6.05. The normalized spacial score (nSPS) is 14.7. The lowest BCUT2D eigenvalue weighted by molar-refractivity contribution is 0.201. The van der Waals surface area contributed by atoms with Crippen LogP contribution in [-0.4, -0.2) is 46.5 Å². The summed E-state index contributed by atoms with van der Waals surface area (Å²) >= 11 is 0. The lowest BCUT2D eigenvalue weighted by Gasteiger charge is -2.24. The summed E-state index contributed by atoms with van der Waals surface area (Å²) in [6, 6.07) is 16.8. The Balaban J connectivity index is 1.31. The van der Waals surface area contributed by atoms with Gasteiger partial charge in [-0.15, -0.1) is 0 Å². The van der Waals surface area contributed by atoms with E-state index < -0.39 is 0 Å². The lowest BCUT2D eigenvalue weighted by atomic mass is 10.1. The van der Waals surface area contributed by atoms with Crippen molar-refractivity contribution >= 4 is 28.4 Å². The van der Waals surface area contributed by atoms with Gasteiger partial charge in [0.25, 0.3) is 0 Å². The number of nitrogens with one attached hydrogen (secondary N) is 1. The first-order valence-corrected chi connectivity index (χ1v) is 11.0. The van der Waals surface area contributed by atoms with E-state index in [0.29, 0.717) is 31.7 Å². The molecule has 2 aromatic heterocycles. The Morgan fingerprint density at radius 2 is 1.88 bits per heavy atom. The molecule has 3 heterocycles. The minimum absolute atomic E-state index is 0.0474. The van der Waals surface area contributed by atoms with Crippen LogP contribution in [0.5, 0.6) is 0 Å². The van der Waals surface area contributed by atoms with Crippen molar-refractivity contribution in [1.29, 1.82) is 0 Å². The molecule has 0 spiro atoms. The molecule has 0 unspecified atom stereocenters. The fourth-order valence-electron chi connectivity index (χ4n) is 4.29. The number of fused-ring (bicyclic) bond motifs is 3. The molecule has 1 N–H and O–H groups in total. The number of hydrogen-bond acceptors (Lipinski definition) is 3. The second-order valence-corrected chi connectivity index (χ2v) is 8.30. The van der Waals surface area contributed by atoms with Gasteiger partial charge < -0.3 is 19.5 Å². The van der Waals surface area contributed by atoms with Gasteiger partial charge in [-0.2, -0.15) is 0 Å². The molecule has 0 bridgehead atoms. The molecule has 1 aliphatic heterocycles. The molecule has 2 aromatic carbocycles. The molecule has 0 aliphatic carbocycles. The molecule has 6 nitrogen and oxygen atoms in total. The largest absolute Gasteiger partial charge is 0.353 e. The molecule has 1 fully saturated rings. The van der Waals surface area contributed by atoms with Gasteiger partial charge in [-0.1, -0.05) is 29.8 Å². The van der Waals surface area contributed by atoms with E-state index in [2.05, 4.69) is 22.3 Å². The van der Waals surface area contributed by atoms with Crippen LogP contribution in [0.1, 0.15) is 17.5 Å². The average molecular weight is 432 g/mol. The Hall–Kier alpha value is -3.61. The number of halogens is 1. The summed E-state index contributed by atoms with van der Waals surface area (Å²) in [6.45, 7) is 5.32. The monoisotopic (exact) mass is 431 g/mol. The van der Waals surface area contributed by atoms with Crippen LogP contribution in [0.4, 0.5) is 15.0 Å². The van der Waals surface area contributed by atoms with E-state index in [4.69, 9.17) is 4.98 Å². The molecule has 0 atom stereocenters. The fourth-order valence-corrected chi connectivity index (χ4v) is 4.29. The predicted molar refractivity (Wildman–Crippen MR) is 124 cm³/mol. The zero-order chi connectivity index (χ0) is 22.1. The van der Waals surface area contributed by atoms with Crippen molar-refractivity contribution in [3.63, 3.8) is 0 Å². The number of aryl methyl sites for hydroxylation is 1. The number of rotatable bonds is 3. The van der Waals surface area contributed by atoms with Gasteiger partial charge in [0.05, 0.1) is 16.6 Å². The zero-order valence-corrected chi connectivity index (χ0v) is 18.1. The Labute approximate surface area is 186 Å². The number of amides is 2. The van der Waals surface area contributed by atoms with Gasteiger partial charge in [-0.05, 0) is 43.2 Å². The van der Waals surface area contributed by atoms with Crippen molar-refractivity contribution in [3.8, 4) is 0 Å². The van der Waals surface area contributed by atoms with Crippen molar-refractivity contribution in [2.75, 3.05) is 31.1 Å². The van der Waals surface area contributed by atoms with Crippen molar-refractivity contribution in [2.45, 2.75) is 19.9 Å². The van der Waals surface area contributed by atoms with Crippen LogP contribution >= 0.6 is 0 Å². The number of hydrogen-bond donors (Lipinski definition) is 1. The second-order valence-electron chi connectivity index (χ2n) is 8.30. The maximum atomic E-state index is 13.8. The molecule has 5 rings (SSSR count). The first kappa shape index (κ1) is 20.3. The third kappa shape index (κ3) is 3.98. The highest BCUT2D eigenvalue weighted by atomic mass is 19.1. The Morgan fingerprint density at radius 1 is 1.03 bits per heavy atom. The summed E-state index contributed by atoms with van der Waals surface area (Å²) in [5, 5.41) is 3.03. The molecule has 1 aliphatic rings. The quantitative estimate of drug-likeness (QED) is 0.525. The molecule has 0 saturated carbocycles. The van der Waals surface area contributed by atoms with Gasteiger partial charge in [-0.25, -0.2) is 14.2 Å². The van der Waals surface area contributed by atoms with E-state index in [1.165, 1.54) is 17.7 Å². The summed E-state index contributed by atoms with van der Waals surface area (Å²) in [7, 11) is 0. The molecule has 2 amide bonds. The van der Waals surface area contributed by atoms with Crippen LogP contribution < -0.4 is 10.2 Å². The van der Waals surface area contributed by atoms with Gasteiger partial charge in [0.2, 0.25) is 0 Å². The summed E-state index contributed by atoms with van der Waals surface area (Å²) in [5.41, 5.74) is 4.78. The summed E-state index contributed by atoms with van der Waals surface area (Å²) in [6.07, 6.45) is 2.82. The predicted octanol–water partition coefficient (Wildman–Crippen LogP) is 4.36. The van der Waals surface area contributed by atoms with Crippen LogP contribution in [0.15, 0.2) is 60.8 Å². The lowest BCUT2D eigenvalue weighted by Crippen LogP contribution is -2.41. The van der Waals surface area contributed by atoms with E-state index in [1.54, 1.807) is 6.07 Å². The highest BCUT2D eigenvalue weighted by Gasteiger charge is 2.22. The van der Waals surface area contributed by atoms with E-state index in [9.17, 15) is 9.18 Å². The van der Waals surface area contributed by atoms with Gasteiger partial charge in [0.15, 0.2) is 5.82 Å². The smallest absolute Gasteiger partial charge is 0.317 e. The molecular formula is C25H26FN5O. The average Bonchev–Trinajstić information content (AvgIpc) is 3.16. The molecule has 7 heteroatoms. The van der Waals surface area contributed by atoms with E-state index in [0.717, 1.165) is 35.4 Å². The van der Waals surface area contributed by atoms with Crippen LogP contribution in [0.3, 0.4) is 0 Å². The van der Waals surface area contributed by atoms with Crippen LogP contribution in [0.2, 0.25) is 0 Å². The van der Waals surface area contributed by atoms with Crippen LogP contribution in [0.25, 0.3) is 16.6 Å². The topological polar surface area (TPSA) is 52.9 Å². The molecule has 0 radical (unpaired) electrons. The Morgan fingerprint density at radius 3 is 2.72 bits per heavy atom. The summed E-state index contributed by atoms with van der Waals surface area (Å²) in [4.78, 5) is 21.6. The molecule has 1 saturated heterocycles. The first-order chi connectivity index (χ1) is 15.6. The Bertz CT molecular complexity index is 1270. The minimum atomic E-state index is -0.297. The van der Waals surface area contributed by atoms with Crippen molar-refractivity contribution < 1.29 is 9.18 Å². The van der Waals surface area contributed by atoms with Gasteiger partial charge in [0, 0.05) is 45.0 Å². The van der Waals surface area contributed by atoms with Gasteiger partial charge in [0.1, 0.15) is 5.82 Å². The molecular weight excluding hydrogens is 405 g/mol. The molecule has 164 valence electrons. The number of nitrogens with zero attached hydrogens (tertiary/aromatic N) is 4. The van der Waals surface area contributed by atoms with Crippen LogP contribution in [-0.2, 0) is 6.54 Å². The van der Waals surface area contributed by atoms with E-state index >= 15 is 0 Å².